The summed E-state index contributed by atoms with van der Waals surface area (Å²) < 4.78 is 11.0. The van der Waals surface area contributed by atoms with Crippen LogP contribution in [0.5, 0.6) is 5.75 Å². The minimum absolute atomic E-state index is 0.231. The summed E-state index contributed by atoms with van der Waals surface area (Å²) in [6.45, 7) is 4.95. The van der Waals surface area contributed by atoms with E-state index in [-0.39, 0.29) is 12.4 Å². The molecular weight excluding hydrogens is 430 g/mol. The lowest BCUT2D eigenvalue weighted by Gasteiger charge is -2.16. The van der Waals surface area contributed by atoms with E-state index in [0.717, 1.165) is 16.5 Å². The summed E-state index contributed by atoms with van der Waals surface area (Å²) in [6, 6.07) is 12.2. The van der Waals surface area contributed by atoms with Crippen LogP contribution in [0.25, 0.3) is 11.0 Å². The van der Waals surface area contributed by atoms with Gasteiger partial charge in [0.15, 0.2) is 6.61 Å². The smallest absolute Gasteiger partial charge is 0.339 e. The number of fused-ring (bicyclic) bond motifs is 1. The van der Waals surface area contributed by atoms with Gasteiger partial charge in [-0.05, 0) is 44.0 Å². The van der Waals surface area contributed by atoms with Crippen molar-refractivity contribution in [2.45, 2.75) is 32.6 Å². The molecule has 2 aromatic carbocycles. The van der Waals surface area contributed by atoms with Crippen LogP contribution in [-0.2, 0) is 15.3 Å². The molecule has 8 heteroatoms. The number of carboxylic acids is 1. The van der Waals surface area contributed by atoms with E-state index in [0.29, 0.717) is 28.2 Å². The number of carboxylic acid groups (broad SMARTS) is 1. The molecular formula is C24H25NO6S. The number of rotatable bonds is 9. The summed E-state index contributed by atoms with van der Waals surface area (Å²) in [6.07, 6.45) is 0. The number of hydrogen-bond acceptors (Lipinski definition) is 6. The molecule has 2 N–H and O–H groups in total. The average Bonchev–Trinajstić information content (AvgIpc) is 2.77. The Labute approximate surface area is 189 Å². The van der Waals surface area contributed by atoms with Gasteiger partial charge >= 0.3 is 11.6 Å². The Bertz CT molecular complexity index is 1190. The Hall–Kier alpha value is -3.26. The van der Waals surface area contributed by atoms with E-state index in [1.807, 2.05) is 37.3 Å². The third-order valence-corrected chi connectivity index (χ3v) is 6.32. The quantitative estimate of drug-likeness (QED) is 0.475. The summed E-state index contributed by atoms with van der Waals surface area (Å²) in [5.74, 6) is -0.372. The van der Waals surface area contributed by atoms with Gasteiger partial charge in [-0.15, -0.1) is 0 Å². The highest BCUT2D eigenvalue weighted by Gasteiger charge is 2.21. The monoisotopic (exact) mass is 455 g/mol. The zero-order valence-electron chi connectivity index (χ0n) is 18.1. The van der Waals surface area contributed by atoms with Crippen LogP contribution in [0.15, 0.2) is 51.7 Å². The molecule has 0 saturated heterocycles. The van der Waals surface area contributed by atoms with E-state index in [4.69, 9.17) is 9.15 Å². The first-order chi connectivity index (χ1) is 15.3. The molecule has 1 atom stereocenters. The zero-order valence-corrected chi connectivity index (χ0v) is 19.0. The lowest BCUT2D eigenvalue weighted by Crippen LogP contribution is -2.44. The molecule has 1 amide bonds. The van der Waals surface area contributed by atoms with E-state index in [2.05, 4.69) is 5.32 Å². The Kier molecular flexibility index (Phi) is 7.58. The first kappa shape index (κ1) is 23.4. The summed E-state index contributed by atoms with van der Waals surface area (Å²) in [4.78, 5) is 35.9. The van der Waals surface area contributed by atoms with E-state index in [1.165, 1.54) is 11.8 Å². The topological polar surface area (TPSA) is 106 Å². The van der Waals surface area contributed by atoms with E-state index < -0.39 is 23.5 Å². The Balaban J connectivity index is 1.60. The number of hydrogen-bond donors (Lipinski definition) is 2. The third kappa shape index (κ3) is 5.50. The largest absolute Gasteiger partial charge is 0.483 e. The fraction of sp³-hybridized carbons (Fsp3) is 0.292. The predicted molar refractivity (Wildman–Crippen MR) is 124 cm³/mol. The fourth-order valence-corrected chi connectivity index (χ4v) is 4.21. The third-order valence-electron chi connectivity index (χ3n) is 5.21. The predicted octanol–water partition coefficient (Wildman–Crippen LogP) is 3.60. The van der Waals surface area contributed by atoms with E-state index in [1.54, 1.807) is 26.0 Å². The van der Waals surface area contributed by atoms with Gasteiger partial charge in [-0.1, -0.05) is 30.3 Å². The number of carbonyl (C=O) groups excluding carboxylic acids is 1. The number of thioether (sulfide) groups is 1. The second kappa shape index (κ2) is 10.4. The summed E-state index contributed by atoms with van der Waals surface area (Å²) >= 11 is 1.43. The standard InChI is InChI=1S/C24H25NO6S/c1-14-15(2)24(29)31-22-16(3)20(10-9-18(14)22)30-11-21(26)25-19(23(27)28)13-32-12-17-7-5-4-6-8-17/h4-10,19H,11-13H2,1-3H3,(H,25,26)(H,27,28)/t19-/m0/s1. The van der Waals surface area contributed by atoms with Crippen LogP contribution in [0.3, 0.4) is 0 Å². The van der Waals surface area contributed by atoms with Gasteiger partial charge in [-0.3, -0.25) is 4.79 Å². The van der Waals surface area contributed by atoms with Crippen molar-refractivity contribution in [1.29, 1.82) is 0 Å². The number of carbonyl (C=O) groups is 2. The highest BCUT2D eigenvalue weighted by Crippen LogP contribution is 2.29. The maximum Gasteiger partial charge on any atom is 0.339 e. The molecule has 1 aromatic heterocycles. The van der Waals surface area contributed by atoms with Crippen LogP contribution in [0.1, 0.15) is 22.3 Å². The lowest BCUT2D eigenvalue weighted by atomic mass is 10.0. The van der Waals surface area contributed by atoms with Crippen molar-refractivity contribution in [2.24, 2.45) is 0 Å². The molecule has 0 spiro atoms. The first-order valence-corrected chi connectivity index (χ1v) is 11.2. The van der Waals surface area contributed by atoms with Crippen LogP contribution in [-0.4, -0.2) is 35.4 Å². The van der Waals surface area contributed by atoms with Gasteiger partial charge in [-0.2, -0.15) is 11.8 Å². The SMILES string of the molecule is Cc1c(C)c2ccc(OCC(=O)N[C@@H](CSCc3ccccc3)C(=O)O)c(C)c2oc1=O. The van der Waals surface area contributed by atoms with Crippen LogP contribution >= 0.6 is 11.8 Å². The van der Waals surface area contributed by atoms with E-state index in [9.17, 15) is 19.5 Å². The Morgan fingerprint density at radius 2 is 1.78 bits per heavy atom. The summed E-state index contributed by atoms with van der Waals surface area (Å²) in [5, 5.41) is 12.7. The minimum atomic E-state index is -1.10. The Morgan fingerprint density at radius 1 is 1.06 bits per heavy atom. The van der Waals surface area contributed by atoms with Crippen molar-refractivity contribution >= 4 is 34.6 Å². The maximum atomic E-state index is 12.3. The molecule has 0 aliphatic rings. The fourth-order valence-electron chi connectivity index (χ4n) is 3.20. The molecule has 32 heavy (non-hydrogen) atoms. The lowest BCUT2D eigenvalue weighted by molar-refractivity contribution is -0.141. The molecule has 0 fully saturated rings. The first-order valence-electron chi connectivity index (χ1n) is 10.1. The van der Waals surface area contributed by atoms with Gasteiger partial charge in [0, 0.05) is 28.0 Å². The molecule has 0 aliphatic carbocycles. The number of aliphatic carboxylic acids is 1. The van der Waals surface area contributed by atoms with Gasteiger partial charge in [0.2, 0.25) is 0 Å². The maximum absolute atomic E-state index is 12.3. The molecule has 1 heterocycles. The number of nitrogens with one attached hydrogen (secondary N) is 1. The van der Waals surface area contributed by atoms with Crippen LogP contribution < -0.4 is 15.7 Å². The molecule has 0 aliphatic heterocycles. The van der Waals surface area contributed by atoms with Crippen molar-refractivity contribution in [3.8, 4) is 5.75 Å². The van der Waals surface area contributed by atoms with Crippen molar-refractivity contribution in [2.75, 3.05) is 12.4 Å². The van der Waals surface area contributed by atoms with Crippen molar-refractivity contribution < 1.29 is 23.8 Å². The molecule has 3 aromatic rings. The molecule has 0 saturated carbocycles. The number of aryl methyl sites for hydroxylation is 2. The molecule has 0 radical (unpaired) electrons. The number of benzene rings is 2. The molecule has 0 bridgehead atoms. The van der Waals surface area contributed by atoms with Crippen LogP contribution in [0, 0.1) is 20.8 Å². The van der Waals surface area contributed by atoms with Gasteiger partial charge in [0.25, 0.3) is 5.91 Å². The van der Waals surface area contributed by atoms with Crippen molar-refractivity contribution in [3.63, 3.8) is 0 Å². The van der Waals surface area contributed by atoms with E-state index >= 15 is 0 Å². The second-order valence-corrected chi connectivity index (χ2v) is 8.48. The van der Waals surface area contributed by atoms with Gasteiger partial charge in [0.05, 0.1) is 0 Å². The summed E-state index contributed by atoms with van der Waals surface area (Å²) in [5.41, 5.74) is 3.07. The zero-order chi connectivity index (χ0) is 23.3. The van der Waals surface area contributed by atoms with Crippen molar-refractivity contribution in [1.82, 2.24) is 5.32 Å². The molecule has 168 valence electrons. The average molecular weight is 456 g/mol. The van der Waals surface area contributed by atoms with Gasteiger partial charge < -0.3 is 19.6 Å². The van der Waals surface area contributed by atoms with Gasteiger partial charge in [-0.25, -0.2) is 9.59 Å². The number of amides is 1. The van der Waals surface area contributed by atoms with Gasteiger partial charge in [0.1, 0.15) is 17.4 Å². The highest BCUT2D eigenvalue weighted by molar-refractivity contribution is 7.98. The molecule has 7 nitrogen and oxygen atoms in total. The van der Waals surface area contributed by atoms with Crippen molar-refractivity contribution in [3.05, 3.63) is 75.1 Å². The summed E-state index contributed by atoms with van der Waals surface area (Å²) in [7, 11) is 0. The van der Waals surface area contributed by atoms with Crippen LogP contribution in [0.4, 0.5) is 0 Å². The normalized spacial score (nSPS) is 11.8. The second-order valence-electron chi connectivity index (χ2n) is 7.45. The number of ether oxygens (including phenoxy) is 1. The highest BCUT2D eigenvalue weighted by atomic mass is 32.2. The molecule has 0 unspecified atom stereocenters. The molecule has 3 rings (SSSR count). The minimum Gasteiger partial charge on any atom is -0.483 e. The Morgan fingerprint density at radius 3 is 2.47 bits per heavy atom. The van der Waals surface area contributed by atoms with Crippen LogP contribution in [0.2, 0.25) is 0 Å².